The number of benzene rings is 3. The Kier molecular flexibility index (Phi) is 8.30. The first-order valence-corrected chi connectivity index (χ1v) is 12.6. The van der Waals surface area contributed by atoms with Crippen molar-refractivity contribution in [1.82, 2.24) is 5.43 Å². The molecule has 3 aromatic rings. The molecule has 0 saturated carbocycles. The summed E-state index contributed by atoms with van der Waals surface area (Å²) in [5.41, 5.74) is 4.63. The molecule has 0 aliphatic heterocycles. The summed E-state index contributed by atoms with van der Waals surface area (Å²) in [6.45, 7) is 6.31. The fourth-order valence-electron chi connectivity index (χ4n) is 3.29. The van der Waals surface area contributed by atoms with E-state index in [9.17, 15) is 13.2 Å². The number of hydrogen-bond acceptors (Lipinski definition) is 6. The zero-order valence-corrected chi connectivity index (χ0v) is 21.1. The van der Waals surface area contributed by atoms with Crippen molar-refractivity contribution in [2.45, 2.75) is 43.9 Å². The molecule has 0 aliphatic carbocycles. The van der Waals surface area contributed by atoms with Gasteiger partial charge >= 0.3 is 10.1 Å². The number of carbonyl (C=O) groups excluding carboxylic acids is 1. The second-order valence-corrected chi connectivity index (χ2v) is 10.2. The van der Waals surface area contributed by atoms with Crippen LogP contribution >= 0.6 is 0 Å². The van der Waals surface area contributed by atoms with Gasteiger partial charge in [0.05, 0.1) is 19.7 Å². The Labute approximate surface area is 206 Å². The van der Waals surface area contributed by atoms with Gasteiger partial charge in [-0.1, -0.05) is 57.2 Å². The Morgan fingerprint density at radius 2 is 1.74 bits per heavy atom. The van der Waals surface area contributed by atoms with E-state index in [1.807, 2.05) is 18.2 Å². The van der Waals surface area contributed by atoms with Gasteiger partial charge in [0, 0.05) is 5.56 Å². The summed E-state index contributed by atoms with van der Waals surface area (Å²) in [6.07, 6.45) is 2.39. The molecule has 35 heavy (non-hydrogen) atoms. The molecule has 0 unspecified atom stereocenters. The number of hydrazone groups is 1. The Bertz CT molecular complexity index is 1300. The van der Waals surface area contributed by atoms with Gasteiger partial charge in [-0.15, -0.1) is 0 Å². The molecule has 1 amide bonds. The Morgan fingerprint density at radius 1 is 1.03 bits per heavy atom. The summed E-state index contributed by atoms with van der Waals surface area (Å²) in [5, 5.41) is 3.96. The van der Waals surface area contributed by atoms with Crippen LogP contribution in [0.25, 0.3) is 0 Å². The number of nitrogens with zero attached hydrogens (tertiary/aromatic N) is 1. The third-order valence-corrected chi connectivity index (χ3v) is 7.07. The van der Waals surface area contributed by atoms with Gasteiger partial charge in [-0.05, 0) is 59.4 Å². The molecular weight excluding hydrogens is 464 g/mol. The third-order valence-electron chi connectivity index (χ3n) is 5.82. The first-order valence-electron chi connectivity index (χ1n) is 11.2. The van der Waals surface area contributed by atoms with E-state index in [1.54, 1.807) is 55.6 Å². The number of amides is 1. The zero-order chi connectivity index (χ0) is 25.5. The SMILES string of the molecule is CCC(C)(C)c1ccc(S(=O)(=O)Oc2ccccc2C=NNC(=O)Cc2cccc(OC)c2)cc1. The maximum atomic E-state index is 12.9. The Hall–Kier alpha value is -3.65. The number of para-hydroxylation sites is 1. The average molecular weight is 495 g/mol. The van der Waals surface area contributed by atoms with Gasteiger partial charge in [-0.2, -0.15) is 13.5 Å². The molecule has 0 bridgehead atoms. The molecule has 0 spiro atoms. The molecule has 0 fully saturated rings. The third kappa shape index (κ3) is 6.93. The van der Waals surface area contributed by atoms with Crippen LogP contribution in [0.4, 0.5) is 0 Å². The minimum absolute atomic E-state index is 0.0524. The maximum absolute atomic E-state index is 12.9. The van der Waals surface area contributed by atoms with Gasteiger partial charge in [0.2, 0.25) is 5.91 Å². The molecule has 1 N–H and O–H groups in total. The van der Waals surface area contributed by atoms with E-state index in [1.165, 1.54) is 12.3 Å². The number of nitrogens with one attached hydrogen (secondary N) is 1. The summed E-state index contributed by atoms with van der Waals surface area (Å²) in [7, 11) is -2.49. The van der Waals surface area contributed by atoms with Crippen LogP contribution in [0, 0.1) is 0 Å². The van der Waals surface area contributed by atoms with Crippen LogP contribution in [0.5, 0.6) is 11.5 Å². The average Bonchev–Trinajstić information content (AvgIpc) is 2.85. The zero-order valence-electron chi connectivity index (χ0n) is 20.3. The highest BCUT2D eigenvalue weighted by molar-refractivity contribution is 7.87. The number of hydrogen-bond donors (Lipinski definition) is 1. The van der Waals surface area contributed by atoms with Crippen LogP contribution < -0.4 is 14.3 Å². The van der Waals surface area contributed by atoms with Gasteiger partial charge in [-0.3, -0.25) is 4.79 Å². The van der Waals surface area contributed by atoms with Crippen LogP contribution in [0.3, 0.4) is 0 Å². The number of ether oxygens (including phenoxy) is 1. The van der Waals surface area contributed by atoms with Gasteiger partial charge in [0.25, 0.3) is 0 Å². The van der Waals surface area contributed by atoms with Crippen LogP contribution in [0.1, 0.15) is 43.9 Å². The first-order chi connectivity index (χ1) is 16.6. The molecule has 3 rings (SSSR count). The van der Waals surface area contributed by atoms with Crippen molar-refractivity contribution >= 4 is 22.2 Å². The molecule has 184 valence electrons. The summed E-state index contributed by atoms with van der Waals surface area (Å²) in [5.74, 6) is 0.446. The smallest absolute Gasteiger partial charge is 0.339 e. The normalized spacial score (nSPS) is 11.9. The maximum Gasteiger partial charge on any atom is 0.339 e. The lowest BCUT2D eigenvalue weighted by atomic mass is 9.82. The largest absolute Gasteiger partial charge is 0.497 e. The van der Waals surface area contributed by atoms with Gasteiger partial charge < -0.3 is 8.92 Å². The van der Waals surface area contributed by atoms with Gasteiger partial charge in [0.1, 0.15) is 10.6 Å². The summed E-state index contributed by atoms with van der Waals surface area (Å²) < 4.78 is 36.3. The van der Waals surface area contributed by atoms with E-state index >= 15 is 0 Å². The van der Waals surface area contributed by atoms with Crippen LogP contribution in [0.2, 0.25) is 0 Å². The van der Waals surface area contributed by atoms with E-state index in [2.05, 4.69) is 31.3 Å². The second kappa shape index (κ2) is 11.2. The predicted octanol–water partition coefficient (Wildman–Crippen LogP) is 4.84. The molecule has 0 radical (unpaired) electrons. The van der Waals surface area contributed by atoms with Crippen molar-refractivity contribution < 1.29 is 22.1 Å². The van der Waals surface area contributed by atoms with Crippen LogP contribution in [-0.2, 0) is 26.7 Å². The van der Waals surface area contributed by atoms with Gasteiger partial charge in [-0.25, -0.2) is 5.43 Å². The Morgan fingerprint density at radius 3 is 2.43 bits per heavy atom. The van der Waals surface area contributed by atoms with Crippen molar-refractivity contribution in [2.24, 2.45) is 5.10 Å². The highest BCUT2D eigenvalue weighted by atomic mass is 32.2. The van der Waals surface area contributed by atoms with Crippen molar-refractivity contribution in [1.29, 1.82) is 0 Å². The lowest BCUT2D eigenvalue weighted by Crippen LogP contribution is -2.20. The lowest BCUT2D eigenvalue weighted by molar-refractivity contribution is -0.120. The molecule has 0 saturated heterocycles. The number of rotatable bonds is 10. The summed E-state index contributed by atoms with van der Waals surface area (Å²) in [4.78, 5) is 12.3. The van der Waals surface area contributed by atoms with Crippen molar-refractivity contribution in [2.75, 3.05) is 7.11 Å². The first kappa shape index (κ1) is 26.0. The van der Waals surface area contributed by atoms with Gasteiger partial charge in [0.15, 0.2) is 5.75 Å². The predicted molar refractivity (Wildman–Crippen MR) is 136 cm³/mol. The quantitative estimate of drug-likeness (QED) is 0.247. The van der Waals surface area contributed by atoms with E-state index in [0.717, 1.165) is 17.5 Å². The second-order valence-electron chi connectivity index (χ2n) is 8.66. The van der Waals surface area contributed by atoms with E-state index in [-0.39, 0.29) is 28.4 Å². The van der Waals surface area contributed by atoms with E-state index < -0.39 is 10.1 Å². The number of methoxy groups -OCH3 is 1. The van der Waals surface area contributed by atoms with Crippen molar-refractivity contribution in [3.63, 3.8) is 0 Å². The molecule has 3 aromatic carbocycles. The summed E-state index contributed by atoms with van der Waals surface area (Å²) >= 11 is 0. The van der Waals surface area contributed by atoms with Crippen LogP contribution in [0.15, 0.2) is 82.8 Å². The molecule has 0 heterocycles. The van der Waals surface area contributed by atoms with Crippen LogP contribution in [-0.4, -0.2) is 27.6 Å². The molecule has 8 heteroatoms. The lowest BCUT2D eigenvalue weighted by Gasteiger charge is -2.23. The highest BCUT2D eigenvalue weighted by Crippen LogP contribution is 2.28. The highest BCUT2D eigenvalue weighted by Gasteiger charge is 2.22. The topological polar surface area (TPSA) is 94.1 Å². The molecule has 0 atom stereocenters. The number of carbonyl (C=O) groups is 1. The fraction of sp³-hybridized carbons (Fsp3) is 0.259. The Balaban J connectivity index is 1.69. The summed E-state index contributed by atoms with van der Waals surface area (Å²) in [6, 6.07) is 20.5. The van der Waals surface area contributed by atoms with Crippen molar-refractivity contribution in [3.05, 3.63) is 89.5 Å². The van der Waals surface area contributed by atoms with E-state index in [0.29, 0.717) is 11.3 Å². The molecular formula is C27H30N2O5S. The monoisotopic (exact) mass is 494 g/mol. The standard InChI is InChI=1S/C27H30N2O5S/c1-5-27(2,3)22-13-15-24(16-14-22)35(31,32)34-25-12-7-6-10-21(25)19-28-29-26(30)18-20-9-8-11-23(17-20)33-4/h6-17,19H,5,18H2,1-4H3,(H,29,30). The minimum Gasteiger partial charge on any atom is -0.497 e. The molecule has 0 aromatic heterocycles. The molecule has 7 nitrogen and oxygen atoms in total. The fourth-order valence-corrected chi connectivity index (χ4v) is 4.24. The minimum atomic E-state index is -4.05. The van der Waals surface area contributed by atoms with Crippen molar-refractivity contribution in [3.8, 4) is 11.5 Å². The van der Waals surface area contributed by atoms with E-state index in [4.69, 9.17) is 8.92 Å². The molecule has 0 aliphatic rings.